The van der Waals surface area contributed by atoms with Gasteiger partial charge in [-0.05, 0) is 63.5 Å². The molecule has 1 aromatic rings. The van der Waals surface area contributed by atoms with E-state index in [1.54, 1.807) is 6.92 Å². The summed E-state index contributed by atoms with van der Waals surface area (Å²) in [6.45, 7) is 13.4. The van der Waals surface area contributed by atoms with E-state index in [4.69, 9.17) is 9.47 Å². The number of esters is 1. The number of fused-ring (bicyclic) bond motifs is 1. The zero-order valence-electron chi connectivity index (χ0n) is 22.5. The monoisotopic (exact) mass is 500 g/mol. The predicted octanol–water partition coefficient (Wildman–Crippen LogP) is 3.22. The molecule has 1 spiro atoms. The van der Waals surface area contributed by atoms with Gasteiger partial charge < -0.3 is 24.8 Å². The van der Waals surface area contributed by atoms with E-state index < -0.39 is 41.1 Å². The molecule has 2 amide bonds. The van der Waals surface area contributed by atoms with Crippen molar-refractivity contribution in [3.63, 3.8) is 0 Å². The smallest absolute Gasteiger partial charge is 0.312 e. The Bertz CT molecular complexity index is 1040. The van der Waals surface area contributed by atoms with Gasteiger partial charge in [-0.25, -0.2) is 0 Å². The molecule has 3 unspecified atom stereocenters. The first-order valence-electron chi connectivity index (χ1n) is 13.1. The number of nitrogens with one attached hydrogen (secondary N) is 1. The van der Waals surface area contributed by atoms with Crippen LogP contribution in [0.4, 0.5) is 5.69 Å². The molecule has 3 heterocycles. The molecule has 2 bridgehead atoms. The number of aliphatic hydroxyl groups excluding tert-OH is 1. The number of likely N-dealkylation sites (tertiary alicyclic amines) is 1. The number of aryl methyl sites for hydroxylation is 2. The number of aliphatic hydroxyl groups is 1. The molecule has 3 fully saturated rings. The van der Waals surface area contributed by atoms with Crippen LogP contribution in [0.25, 0.3) is 0 Å². The fraction of sp³-hybridized carbons (Fsp3) is 0.679. The highest BCUT2D eigenvalue weighted by Gasteiger charge is 2.80. The number of anilines is 1. The lowest BCUT2D eigenvalue weighted by Crippen LogP contribution is -2.56. The summed E-state index contributed by atoms with van der Waals surface area (Å²) in [5, 5.41) is 13.4. The minimum atomic E-state index is -1.17. The average molecular weight is 501 g/mol. The molecule has 0 aromatic heterocycles. The maximum Gasteiger partial charge on any atom is 0.312 e. The van der Waals surface area contributed by atoms with Gasteiger partial charge in [-0.15, -0.1) is 0 Å². The SMILES string of the molecule is CCOC(=O)[C@@H]1[C@H]2C(=O)N([C@@H](CO)CC(C)C)C(C(=O)Nc3c(C)cccc3C)C23CC(C)[C@@]1(C)O3. The van der Waals surface area contributed by atoms with Crippen molar-refractivity contribution in [1.82, 2.24) is 4.90 Å². The highest BCUT2D eigenvalue weighted by Crippen LogP contribution is 2.65. The van der Waals surface area contributed by atoms with Crippen molar-refractivity contribution in [2.75, 3.05) is 18.5 Å². The quantitative estimate of drug-likeness (QED) is 0.531. The number of carbonyl (C=O) groups is 3. The van der Waals surface area contributed by atoms with Crippen LogP contribution in [0.5, 0.6) is 0 Å². The number of benzene rings is 1. The Labute approximate surface area is 213 Å². The zero-order valence-corrected chi connectivity index (χ0v) is 22.5. The number of hydrogen-bond donors (Lipinski definition) is 2. The first kappa shape index (κ1) is 26.6. The summed E-state index contributed by atoms with van der Waals surface area (Å²) in [7, 11) is 0. The summed E-state index contributed by atoms with van der Waals surface area (Å²) < 4.78 is 12.1. The van der Waals surface area contributed by atoms with Gasteiger partial charge in [0.2, 0.25) is 11.8 Å². The molecule has 8 heteroatoms. The van der Waals surface area contributed by atoms with Crippen molar-refractivity contribution in [1.29, 1.82) is 0 Å². The molecule has 0 aliphatic carbocycles. The average Bonchev–Trinajstić information content (AvgIpc) is 3.31. The fourth-order valence-electron chi connectivity index (χ4n) is 6.98. The Morgan fingerprint density at radius 1 is 1.28 bits per heavy atom. The second kappa shape index (κ2) is 9.45. The molecule has 8 nitrogen and oxygen atoms in total. The molecular weight excluding hydrogens is 460 g/mol. The van der Waals surface area contributed by atoms with Gasteiger partial charge in [0.1, 0.15) is 17.6 Å². The molecule has 0 radical (unpaired) electrons. The Morgan fingerprint density at radius 3 is 2.47 bits per heavy atom. The van der Waals surface area contributed by atoms with Crippen molar-refractivity contribution >= 4 is 23.5 Å². The van der Waals surface area contributed by atoms with Crippen LogP contribution in [-0.4, -0.2) is 64.3 Å². The van der Waals surface area contributed by atoms with Crippen molar-refractivity contribution < 1.29 is 29.0 Å². The van der Waals surface area contributed by atoms with E-state index in [0.29, 0.717) is 18.5 Å². The fourth-order valence-corrected chi connectivity index (χ4v) is 6.98. The van der Waals surface area contributed by atoms with Crippen LogP contribution >= 0.6 is 0 Å². The lowest BCUT2D eigenvalue weighted by molar-refractivity contribution is -0.162. The second-order valence-corrected chi connectivity index (χ2v) is 11.4. The Morgan fingerprint density at radius 2 is 1.92 bits per heavy atom. The molecule has 1 aromatic carbocycles. The predicted molar refractivity (Wildman–Crippen MR) is 135 cm³/mol. The van der Waals surface area contributed by atoms with E-state index in [-0.39, 0.29) is 36.9 Å². The molecule has 4 rings (SSSR count). The van der Waals surface area contributed by atoms with Gasteiger partial charge in [-0.3, -0.25) is 14.4 Å². The number of amides is 2. The van der Waals surface area contributed by atoms with Crippen LogP contribution in [0.15, 0.2) is 18.2 Å². The number of hydrogen-bond acceptors (Lipinski definition) is 6. The summed E-state index contributed by atoms with van der Waals surface area (Å²) in [5.41, 5.74) is 0.440. The van der Waals surface area contributed by atoms with Gasteiger partial charge in [0, 0.05) is 5.69 Å². The van der Waals surface area contributed by atoms with Gasteiger partial charge >= 0.3 is 5.97 Å². The number of para-hydroxylation sites is 1. The van der Waals surface area contributed by atoms with Crippen molar-refractivity contribution in [3.8, 4) is 0 Å². The molecule has 3 aliphatic heterocycles. The summed E-state index contributed by atoms with van der Waals surface area (Å²) in [5.74, 6) is -2.67. The third-order valence-electron chi connectivity index (χ3n) is 8.62. The van der Waals surface area contributed by atoms with Gasteiger partial charge in [0.25, 0.3) is 0 Å². The van der Waals surface area contributed by atoms with Crippen LogP contribution in [0.1, 0.15) is 58.6 Å². The van der Waals surface area contributed by atoms with E-state index in [1.165, 1.54) is 4.90 Å². The van der Waals surface area contributed by atoms with Crippen LogP contribution in [0.2, 0.25) is 0 Å². The first-order valence-corrected chi connectivity index (χ1v) is 13.1. The standard InChI is InChI=1S/C28H40N2O6/c1-8-35-26(34)21-20-25(33)30(19(14-31)12-15(2)3)23(28(20)13-18(6)27(21,7)36-28)24(32)29-22-16(4)10-9-11-17(22)5/h9-11,15,18-21,23,31H,8,12-14H2,1-7H3,(H,29,32)/t18?,19-,20+,21+,23?,27-,28?/m1/s1. The normalized spacial score (nSPS) is 33.7. The molecule has 7 atom stereocenters. The lowest BCUT2D eigenvalue weighted by atomic mass is 9.62. The maximum absolute atomic E-state index is 14.2. The molecule has 198 valence electrons. The highest BCUT2D eigenvalue weighted by molar-refractivity contribution is 6.04. The number of ether oxygens (including phenoxy) is 2. The molecule has 3 saturated heterocycles. The van der Waals surface area contributed by atoms with E-state index in [2.05, 4.69) is 5.32 Å². The number of carbonyl (C=O) groups excluding carboxylic acids is 3. The van der Waals surface area contributed by atoms with Gasteiger partial charge in [0.15, 0.2) is 0 Å². The van der Waals surface area contributed by atoms with Crippen LogP contribution < -0.4 is 5.32 Å². The van der Waals surface area contributed by atoms with E-state index >= 15 is 0 Å². The summed E-state index contributed by atoms with van der Waals surface area (Å²) >= 11 is 0. The van der Waals surface area contributed by atoms with Crippen LogP contribution in [-0.2, 0) is 23.9 Å². The van der Waals surface area contributed by atoms with Crippen molar-refractivity contribution in [3.05, 3.63) is 29.3 Å². The van der Waals surface area contributed by atoms with Gasteiger partial charge in [-0.2, -0.15) is 0 Å². The first-order chi connectivity index (χ1) is 16.9. The summed E-state index contributed by atoms with van der Waals surface area (Å²) in [6, 6.07) is 4.23. The van der Waals surface area contributed by atoms with E-state index in [1.807, 2.05) is 59.7 Å². The molecule has 0 saturated carbocycles. The Hall–Kier alpha value is -2.45. The van der Waals surface area contributed by atoms with Gasteiger partial charge in [0.05, 0.1) is 30.8 Å². The lowest BCUT2D eigenvalue weighted by Gasteiger charge is -2.37. The largest absolute Gasteiger partial charge is 0.466 e. The third kappa shape index (κ3) is 3.84. The van der Waals surface area contributed by atoms with Crippen LogP contribution in [0, 0.1) is 37.5 Å². The number of nitrogens with zero attached hydrogens (tertiary/aromatic N) is 1. The van der Waals surface area contributed by atoms with E-state index in [9.17, 15) is 19.5 Å². The Balaban J connectivity index is 1.84. The Kier molecular flexibility index (Phi) is 6.99. The van der Waals surface area contributed by atoms with Crippen molar-refractivity contribution in [2.45, 2.75) is 84.6 Å². The topological polar surface area (TPSA) is 105 Å². The molecular formula is C28H40N2O6. The summed E-state index contributed by atoms with van der Waals surface area (Å²) in [4.78, 5) is 43.1. The maximum atomic E-state index is 14.2. The second-order valence-electron chi connectivity index (χ2n) is 11.4. The number of rotatable bonds is 8. The summed E-state index contributed by atoms with van der Waals surface area (Å²) in [6.07, 6.45) is 0.992. The van der Waals surface area contributed by atoms with Gasteiger partial charge in [-0.1, -0.05) is 39.0 Å². The minimum absolute atomic E-state index is 0.0657. The molecule has 2 N–H and O–H groups in total. The van der Waals surface area contributed by atoms with Crippen molar-refractivity contribution in [2.24, 2.45) is 23.7 Å². The van der Waals surface area contributed by atoms with E-state index in [0.717, 1.165) is 11.1 Å². The highest BCUT2D eigenvalue weighted by atomic mass is 16.6. The molecule has 3 aliphatic rings. The zero-order chi connectivity index (χ0) is 26.6. The minimum Gasteiger partial charge on any atom is -0.466 e. The van der Waals surface area contributed by atoms with Crippen LogP contribution in [0.3, 0.4) is 0 Å². The third-order valence-corrected chi connectivity index (χ3v) is 8.62. The molecule has 36 heavy (non-hydrogen) atoms.